The molecule has 1 saturated carbocycles. The molecule has 2 unspecified atom stereocenters. The molecule has 0 spiro atoms. The average molecular weight is 543 g/mol. The highest BCUT2D eigenvalue weighted by molar-refractivity contribution is 7.97. The Hall–Kier alpha value is -3.23. The van der Waals surface area contributed by atoms with Crippen molar-refractivity contribution in [1.29, 1.82) is 5.26 Å². The van der Waals surface area contributed by atoms with Crippen molar-refractivity contribution < 1.29 is 18.3 Å². The maximum absolute atomic E-state index is 12.7. The molecule has 1 saturated heterocycles. The summed E-state index contributed by atoms with van der Waals surface area (Å²) >= 11 is 1.68. The number of alkyl halides is 2. The van der Waals surface area contributed by atoms with Crippen LogP contribution in [0, 0.1) is 17.2 Å². The van der Waals surface area contributed by atoms with Gasteiger partial charge in [0.2, 0.25) is 12.4 Å². The van der Waals surface area contributed by atoms with E-state index in [1.54, 1.807) is 23.0 Å². The summed E-state index contributed by atoms with van der Waals surface area (Å²) in [6.45, 7) is 2.34. The van der Waals surface area contributed by atoms with E-state index in [0.29, 0.717) is 28.8 Å². The van der Waals surface area contributed by atoms with Crippen LogP contribution in [0.3, 0.4) is 0 Å². The summed E-state index contributed by atoms with van der Waals surface area (Å²) in [6.07, 6.45) is 8.42. The second-order valence-electron chi connectivity index (χ2n) is 9.67. The number of aromatic nitrogens is 2. The van der Waals surface area contributed by atoms with E-state index < -0.39 is 6.61 Å². The van der Waals surface area contributed by atoms with Gasteiger partial charge in [0.25, 0.3) is 0 Å². The van der Waals surface area contributed by atoms with Crippen molar-refractivity contribution in [2.75, 3.05) is 23.3 Å². The van der Waals surface area contributed by atoms with Gasteiger partial charge in [0.1, 0.15) is 11.6 Å². The number of hydrogen-bond donors (Lipinski definition) is 1. The van der Waals surface area contributed by atoms with E-state index in [9.17, 15) is 13.6 Å². The van der Waals surface area contributed by atoms with Gasteiger partial charge in [-0.3, -0.25) is 9.69 Å². The Morgan fingerprint density at radius 1 is 1.26 bits per heavy atom. The summed E-state index contributed by atoms with van der Waals surface area (Å²) in [4.78, 5) is 24.1. The van der Waals surface area contributed by atoms with Crippen LogP contribution >= 0.6 is 11.9 Å². The van der Waals surface area contributed by atoms with Crippen molar-refractivity contribution in [3.8, 4) is 6.07 Å². The van der Waals surface area contributed by atoms with Gasteiger partial charge in [-0.1, -0.05) is 13.3 Å². The highest BCUT2D eigenvalue weighted by atomic mass is 32.2. The lowest BCUT2D eigenvalue weighted by Gasteiger charge is -2.32. The van der Waals surface area contributed by atoms with Crippen LogP contribution in [0.4, 0.5) is 20.5 Å². The van der Waals surface area contributed by atoms with Crippen LogP contribution < -0.4 is 10.2 Å². The second kappa shape index (κ2) is 13.0. The normalized spacial score (nSPS) is 20.8. The fourth-order valence-electron chi connectivity index (χ4n) is 4.99. The zero-order valence-electron chi connectivity index (χ0n) is 21.5. The number of rotatable bonds is 10. The standard InChI is InChI=1S/C27H32F2N6O2S/c1-18-4-3-5-24(18)35(17-36)25-21(14-19(2)37-26(28)29)16-31-27(33-25)32-22-10-12-34(13-11-22)38-23-8-6-20(15-30)7-9-23/h6-9,14,16-18,22,24,26H,3-5,10-13H2,1-2H3,(H,31,32,33)/b19-14+. The molecule has 2 aliphatic rings. The van der Waals surface area contributed by atoms with Crippen LogP contribution in [0.15, 0.2) is 41.1 Å². The van der Waals surface area contributed by atoms with Crippen molar-refractivity contribution in [2.45, 2.75) is 69.5 Å². The zero-order chi connectivity index (χ0) is 27.1. The van der Waals surface area contributed by atoms with Crippen LogP contribution in [0.2, 0.25) is 0 Å². The van der Waals surface area contributed by atoms with E-state index in [1.807, 2.05) is 24.3 Å². The molecule has 8 nitrogen and oxygen atoms in total. The number of allylic oxidation sites excluding steroid dienone is 1. The first-order valence-corrected chi connectivity index (χ1v) is 13.6. The van der Waals surface area contributed by atoms with Gasteiger partial charge >= 0.3 is 6.61 Å². The molecule has 1 aliphatic heterocycles. The third kappa shape index (κ3) is 7.20. The van der Waals surface area contributed by atoms with Crippen LogP contribution in [0.25, 0.3) is 6.08 Å². The van der Waals surface area contributed by atoms with Crippen molar-refractivity contribution in [3.05, 3.63) is 47.3 Å². The summed E-state index contributed by atoms with van der Waals surface area (Å²) < 4.78 is 32.3. The van der Waals surface area contributed by atoms with Crippen LogP contribution in [0.1, 0.15) is 57.1 Å². The number of benzene rings is 1. The molecule has 2 heterocycles. The van der Waals surface area contributed by atoms with Crippen molar-refractivity contribution in [2.24, 2.45) is 5.92 Å². The molecule has 1 amide bonds. The molecule has 2 fully saturated rings. The number of carbonyl (C=O) groups excluding carboxylic acids is 1. The molecule has 11 heteroatoms. The highest BCUT2D eigenvalue weighted by Gasteiger charge is 2.31. The molecule has 1 aromatic heterocycles. The molecule has 4 rings (SSSR count). The SMILES string of the molecule is C/C(=C\c1cnc(NC2CCN(Sc3ccc(C#N)cc3)CC2)nc1N(C=O)C1CCCC1C)OC(F)F. The lowest BCUT2D eigenvalue weighted by atomic mass is 10.0. The average Bonchev–Trinajstić information content (AvgIpc) is 3.32. The van der Waals surface area contributed by atoms with Crippen LogP contribution in [0.5, 0.6) is 0 Å². The van der Waals surface area contributed by atoms with Crippen molar-refractivity contribution in [1.82, 2.24) is 14.3 Å². The summed E-state index contributed by atoms with van der Waals surface area (Å²) in [5, 5.41) is 12.4. The number of nitrogens with one attached hydrogen (secondary N) is 1. The Balaban J connectivity index is 1.46. The molecule has 0 bridgehead atoms. The third-order valence-corrected chi connectivity index (χ3v) is 8.07. The molecular weight excluding hydrogens is 510 g/mol. The van der Waals surface area contributed by atoms with E-state index in [4.69, 9.17) is 10.2 Å². The Morgan fingerprint density at radius 3 is 2.61 bits per heavy atom. The number of piperidine rings is 1. The van der Waals surface area contributed by atoms with Crippen molar-refractivity contribution in [3.63, 3.8) is 0 Å². The Bertz CT molecular complexity index is 1170. The smallest absolute Gasteiger partial charge is 0.387 e. The fourth-order valence-corrected chi connectivity index (χ4v) is 5.94. The number of halogens is 2. The van der Waals surface area contributed by atoms with Gasteiger partial charge in [0.15, 0.2) is 0 Å². The number of anilines is 2. The Labute approximate surface area is 226 Å². The summed E-state index contributed by atoms with van der Waals surface area (Å²) in [7, 11) is 0. The molecule has 1 aliphatic carbocycles. The topological polar surface area (TPSA) is 94.4 Å². The Morgan fingerprint density at radius 2 is 2.00 bits per heavy atom. The van der Waals surface area contributed by atoms with Crippen molar-refractivity contribution >= 4 is 36.2 Å². The largest absolute Gasteiger partial charge is 0.440 e. The first-order chi connectivity index (χ1) is 18.4. The quantitative estimate of drug-likeness (QED) is 0.233. The van der Waals surface area contributed by atoms with Gasteiger partial charge in [-0.25, -0.2) is 9.29 Å². The van der Waals surface area contributed by atoms with Gasteiger partial charge in [-0.15, -0.1) is 0 Å². The molecule has 2 aromatic rings. The third-order valence-electron chi connectivity index (χ3n) is 6.97. The summed E-state index contributed by atoms with van der Waals surface area (Å²) in [5.41, 5.74) is 1.10. The van der Waals surface area contributed by atoms with E-state index in [-0.39, 0.29) is 17.8 Å². The number of hydrogen-bond acceptors (Lipinski definition) is 8. The van der Waals surface area contributed by atoms with Gasteiger partial charge in [0, 0.05) is 41.8 Å². The summed E-state index contributed by atoms with van der Waals surface area (Å²) in [6, 6.07) is 9.83. The minimum atomic E-state index is -2.94. The maximum atomic E-state index is 12.7. The van der Waals surface area contributed by atoms with Gasteiger partial charge in [-0.05, 0) is 80.8 Å². The Kier molecular flexibility index (Phi) is 9.53. The molecule has 0 radical (unpaired) electrons. The monoisotopic (exact) mass is 542 g/mol. The van der Waals surface area contributed by atoms with E-state index >= 15 is 0 Å². The minimum Gasteiger partial charge on any atom is -0.440 e. The minimum absolute atomic E-state index is 0.0128. The fraction of sp³-hybridized carbons (Fsp3) is 0.481. The van der Waals surface area contributed by atoms with Crippen LogP contribution in [-0.4, -0.2) is 52.5 Å². The molecular formula is C27H32F2N6O2S. The highest BCUT2D eigenvalue weighted by Crippen LogP contribution is 2.34. The zero-order valence-corrected chi connectivity index (χ0v) is 22.3. The second-order valence-corrected chi connectivity index (χ2v) is 10.8. The molecule has 38 heavy (non-hydrogen) atoms. The number of amides is 1. The van der Waals surface area contributed by atoms with Crippen LogP contribution in [-0.2, 0) is 9.53 Å². The number of carbonyl (C=O) groups is 1. The van der Waals surface area contributed by atoms with E-state index in [0.717, 1.165) is 56.5 Å². The van der Waals surface area contributed by atoms with Gasteiger partial charge < -0.3 is 10.1 Å². The molecule has 1 aromatic carbocycles. The summed E-state index contributed by atoms with van der Waals surface area (Å²) in [5.74, 6) is 1.12. The predicted octanol–water partition coefficient (Wildman–Crippen LogP) is 5.68. The lowest BCUT2D eigenvalue weighted by molar-refractivity contribution is -0.108. The number of nitrogens with zero attached hydrogens (tertiary/aromatic N) is 5. The molecule has 1 N–H and O–H groups in total. The number of ether oxygens (including phenoxy) is 1. The first-order valence-electron chi connectivity index (χ1n) is 12.8. The predicted molar refractivity (Wildman–Crippen MR) is 143 cm³/mol. The van der Waals surface area contributed by atoms with Gasteiger partial charge in [0.05, 0.1) is 11.6 Å². The lowest BCUT2D eigenvalue weighted by Crippen LogP contribution is -2.38. The van der Waals surface area contributed by atoms with E-state index in [2.05, 4.69) is 32.3 Å². The number of nitriles is 1. The molecule has 2 atom stereocenters. The van der Waals surface area contributed by atoms with Gasteiger partial charge in [-0.2, -0.15) is 19.0 Å². The first kappa shape index (κ1) is 27.8. The maximum Gasteiger partial charge on any atom is 0.387 e. The van der Waals surface area contributed by atoms with E-state index in [1.165, 1.54) is 13.0 Å². The molecule has 202 valence electrons.